The molecule has 0 atom stereocenters. The molecule has 0 saturated carbocycles. The fraction of sp³-hybridized carbons (Fsp3) is 0.286. The van der Waals surface area contributed by atoms with E-state index in [4.69, 9.17) is 10.00 Å². The van der Waals surface area contributed by atoms with Crippen LogP contribution in [0.15, 0.2) is 24.4 Å². The Labute approximate surface area is 105 Å². The van der Waals surface area contributed by atoms with Crippen LogP contribution in [0, 0.1) is 18.3 Å². The molecule has 92 valence electrons. The molecule has 0 bridgehead atoms. The minimum atomic E-state index is -0.332. The number of benzene rings is 1. The number of fused-ring (bicyclic) bond motifs is 1. The third kappa shape index (κ3) is 2.07. The van der Waals surface area contributed by atoms with Crippen molar-refractivity contribution in [1.29, 1.82) is 5.26 Å². The van der Waals surface area contributed by atoms with Crippen LogP contribution in [0.4, 0.5) is 0 Å². The van der Waals surface area contributed by atoms with Gasteiger partial charge in [-0.2, -0.15) is 5.26 Å². The van der Waals surface area contributed by atoms with Crippen LogP contribution >= 0.6 is 0 Å². The molecule has 0 aliphatic heterocycles. The zero-order valence-electron chi connectivity index (χ0n) is 10.4. The maximum atomic E-state index is 11.5. The molecule has 18 heavy (non-hydrogen) atoms. The third-order valence-corrected chi connectivity index (χ3v) is 2.97. The van der Waals surface area contributed by atoms with E-state index in [1.54, 1.807) is 6.07 Å². The van der Waals surface area contributed by atoms with Gasteiger partial charge in [0.15, 0.2) is 0 Å². The first-order valence-electron chi connectivity index (χ1n) is 5.72. The standard InChI is InChI=1S/C14H14N2O2/c1-10-9-16(7-3-6-15)13-5-4-11(8-12(10)13)14(17)18-2/h4-5,8-9H,3,7H2,1-2H3. The summed E-state index contributed by atoms with van der Waals surface area (Å²) in [6, 6.07) is 7.61. The van der Waals surface area contributed by atoms with Crippen molar-refractivity contribution in [3.8, 4) is 6.07 Å². The number of rotatable bonds is 3. The van der Waals surface area contributed by atoms with Crippen LogP contribution in [-0.4, -0.2) is 17.6 Å². The van der Waals surface area contributed by atoms with Gasteiger partial charge in [0, 0.05) is 23.6 Å². The maximum absolute atomic E-state index is 11.5. The molecule has 0 spiro atoms. The Morgan fingerprint density at radius 1 is 1.50 bits per heavy atom. The first-order chi connectivity index (χ1) is 8.67. The Kier molecular flexibility index (Phi) is 3.33. The zero-order valence-corrected chi connectivity index (χ0v) is 10.4. The molecule has 1 aromatic heterocycles. The average Bonchev–Trinajstić information content (AvgIpc) is 2.72. The molecule has 1 heterocycles. The van der Waals surface area contributed by atoms with Crippen LogP contribution in [0.2, 0.25) is 0 Å². The van der Waals surface area contributed by atoms with Gasteiger partial charge in [-0.05, 0) is 30.7 Å². The highest BCUT2D eigenvalue weighted by molar-refractivity contribution is 5.95. The third-order valence-electron chi connectivity index (χ3n) is 2.97. The number of hydrogen-bond donors (Lipinski definition) is 0. The van der Waals surface area contributed by atoms with E-state index in [0.717, 1.165) is 16.5 Å². The summed E-state index contributed by atoms with van der Waals surface area (Å²) >= 11 is 0. The van der Waals surface area contributed by atoms with E-state index in [9.17, 15) is 4.79 Å². The van der Waals surface area contributed by atoms with E-state index in [1.807, 2.05) is 29.8 Å². The van der Waals surface area contributed by atoms with Crippen molar-refractivity contribution in [2.45, 2.75) is 19.9 Å². The van der Waals surface area contributed by atoms with Crippen LogP contribution in [0.5, 0.6) is 0 Å². The molecular weight excluding hydrogens is 228 g/mol. The number of esters is 1. The molecule has 1 aromatic carbocycles. The quantitative estimate of drug-likeness (QED) is 0.777. The Hall–Kier alpha value is -2.28. The normalized spacial score (nSPS) is 10.3. The van der Waals surface area contributed by atoms with Crippen molar-refractivity contribution in [2.75, 3.05) is 7.11 Å². The van der Waals surface area contributed by atoms with Gasteiger partial charge in [-0.1, -0.05) is 0 Å². The Morgan fingerprint density at radius 3 is 2.94 bits per heavy atom. The summed E-state index contributed by atoms with van der Waals surface area (Å²) in [5.74, 6) is -0.332. The van der Waals surface area contributed by atoms with Gasteiger partial charge in [0.25, 0.3) is 0 Å². The number of nitrogens with zero attached hydrogens (tertiary/aromatic N) is 2. The van der Waals surface area contributed by atoms with Gasteiger partial charge in [0.1, 0.15) is 0 Å². The zero-order chi connectivity index (χ0) is 13.1. The van der Waals surface area contributed by atoms with Gasteiger partial charge in [-0.25, -0.2) is 4.79 Å². The highest BCUT2D eigenvalue weighted by Gasteiger charge is 2.10. The second kappa shape index (κ2) is 4.92. The summed E-state index contributed by atoms with van der Waals surface area (Å²) in [6.07, 6.45) is 2.48. The van der Waals surface area contributed by atoms with E-state index in [0.29, 0.717) is 18.5 Å². The van der Waals surface area contributed by atoms with Crippen LogP contribution < -0.4 is 0 Å². The van der Waals surface area contributed by atoms with Gasteiger partial charge in [-0.15, -0.1) is 0 Å². The number of nitriles is 1. The Bertz CT molecular complexity index is 635. The minimum Gasteiger partial charge on any atom is -0.465 e. The minimum absolute atomic E-state index is 0.332. The van der Waals surface area contributed by atoms with Crippen molar-refractivity contribution in [3.05, 3.63) is 35.5 Å². The first-order valence-corrected chi connectivity index (χ1v) is 5.72. The predicted octanol–water partition coefficient (Wildman–Crippen LogP) is 2.65. The highest BCUT2D eigenvalue weighted by atomic mass is 16.5. The average molecular weight is 242 g/mol. The smallest absolute Gasteiger partial charge is 0.337 e. The summed E-state index contributed by atoms with van der Waals surface area (Å²) in [5, 5.41) is 9.65. The molecule has 4 heteroatoms. The van der Waals surface area contributed by atoms with Gasteiger partial charge < -0.3 is 9.30 Å². The lowest BCUT2D eigenvalue weighted by Crippen LogP contribution is -2.01. The summed E-state index contributed by atoms with van der Waals surface area (Å²) in [5.41, 5.74) is 2.68. The van der Waals surface area contributed by atoms with E-state index in [-0.39, 0.29) is 5.97 Å². The van der Waals surface area contributed by atoms with E-state index < -0.39 is 0 Å². The molecule has 0 aliphatic carbocycles. The molecule has 0 radical (unpaired) electrons. The second-order valence-electron chi connectivity index (χ2n) is 4.14. The van der Waals surface area contributed by atoms with Crippen molar-refractivity contribution in [3.63, 3.8) is 0 Å². The lowest BCUT2D eigenvalue weighted by atomic mass is 10.1. The molecule has 2 rings (SSSR count). The van der Waals surface area contributed by atoms with E-state index in [1.165, 1.54) is 7.11 Å². The van der Waals surface area contributed by atoms with Crippen molar-refractivity contribution in [2.24, 2.45) is 0 Å². The molecule has 0 saturated heterocycles. The van der Waals surface area contributed by atoms with Gasteiger partial charge in [0.05, 0.1) is 25.2 Å². The predicted molar refractivity (Wildman–Crippen MR) is 68.2 cm³/mol. The lowest BCUT2D eigenvalue weighted by Gasteiger charge is -2.03. The SMILES string of the molecule is COC(=O)c1ccc2c(c1)c(C)cn2CCC#N. The van der Waals surface area contributed by atoms with Crippen molar-refractivity contribution in [1.82, 2.24) is 4.57 Å². The Morgan fingerprint density at radius 2 is 2.28 bits per heavy atom. The number of hydrogen-bond acceptors (Lipinski definition) is 3. The highest BCUT2D eigenvalue weighted by Crippen LogP contribution is 2.22. The summed E-state index contributed by atoms with van der Waals surface area (Å²) in [7, 11) is 1.37. The largest absolute Gasteiger partial charge is 0.465 e. The van der Waals surface area contributed by atoms with Gasteiger partial charge in [-0.3, -0.25) is 0 Å². The van der Waals surface area contributed by atoms with Crippen LogP contribution in [0.3, 0.4) is 0 Å². The molecule has 0 aliphatic rings. The lowest BCUT2D eigenvalue weighted by molar-refractivity contribution is 0.0601. The molecule has 0 N–H and O–H groups in total. The van der Waals surface area contributed by atoms with Crippen LogP contribution in [0.1, 0.15) is 22.3 Å². The van der Waals surface area contributed by atoms with Crippen LogP contribution in [0.25, 0.3) is 10.9 Å². The molecule has 4 nitrogen and oxygen atoms in total. The van der Waals surface area contributed by atoms with Crippen LogP contribution in [-0.2, 0) is 11.3 Å². The molecule has 0 amide bonds. The summed E-state index contributed by atoms with van der Waals surface area (Å²) in [6.45, 7) is 2.66. The Balaban J connectivity index is 2.49. The molecular formula is C14H14N2O2. The van der Waals surface area contributed by atoms with E-state index >= 15 is 0 Å². The number of carbonyl (C=O) groups excluding carboxylic acids is 1. The monoisotopic (exact) mass is 242 g/mol. The maximum Gasteiger partial charge on any atom is 0.337 e. The van der Waals surface area contributed by atoms with Gasteiger partial charge >= 0.3 is 5.97 Å². The number of aromatic nitrogens is 1. The van der Waals surface area contributed by atoms with Crippen molar-refractivity contribution >= 4 is 16.9 Å². The molecule has 0 unspecified atom stereocenters. The van der Waals surface area contributed by atoms with Crippen molar-refractivity contribution < 1.29 is 9.53 Å². The molecule has 0 fully saturated rings. The fourth-order valence-electron chi connectivity index (χ4n) is 2.08. The van der Waals surface area contributed by atoms with E-state index in [2.05, 4.69) is 6.07 Å². The summed E-state index contributed by atoms with van der Waals surface area (Å²) in [4.78, 5) is 11.5. The number of aryl methyl sites for hydroxylation is 2. The first kappa shape index (κ1) is 12.2. The summed E-state index contributed by atoms with van der Waals surface area (Å²) < 4.78 is 6.74. The number of carbonyl (C=O) groups is 1. The molecule has 2 aromatic rings. The van der Waals surface area contributed by atoms with Gasteiger partial charge in [0.2, 0.25) is 0 Å². The topological polar surface area (TPSA) is 55.0 Å². The number of methoxy groups -OCH3 is 1. The second-order valence-corrected chi connectivity index (χ2v) is 4.14. The fourth-order valence-corrected chi connectivity index (χ4v) is 2.08. The number of ether oxygens (including phenoxy) is 1.